The Labute approximate surface area is 203 Å². The first-order valence-corrected chi connectivity index (χ1v) is 14.9. The van der Waals surface area contributed by atoms with Crippen molar-refractivity contribution in [1.29, 1.82) is 0 Å². The van der Waals surface area contributed by atoms with Gasteiger partial charge < -0.3 is 30.4 Å². The maximum Gasteiger partial charge on any atom is 0.344 e. The number of carbonyl (C=O) groups excluding carboxylic acids is 1. The van der Waals surface area contributed by atoms with Gasteiger partial charge in [-0.2, -0.15) is 0 Å². The number of amides is 1. The number of rotatable bonds is 6. The number of carbonyl (C=O) groups is 1. The molecule has 5 unspecified atom stereocenters. The fourth-order valence-electron chi connectivity index (χ4n) is 8.97. The third-order valence-electron chi connectivity index (χ3n) is 10.8. The summed E-state index contributed by atoms with van der Waals surface area (Å²) in [4.78, 5) is 30.0. The van der Waals surface area contributed by atoms with Gasteiger partial charge in [-0.05, 0) is 97.7 Å². The normalized spacial score (nSPS) is 47.3. The van der Waals surface area contributed by atoms with Crippen molar-refractivity contribution in [2.75, 3.05) is 6.29 Å². The van der Waals surface area contributed by atoms with Crippen LogP contribution in [0.5, 0.6) is 0 Å². The van der Waals surface area contributed by atoms with Crippen molar-refractivity contribution in [2.24, 2.45) is 46.3 Å². The summed E-state index contributed by atoms with van der Waals surface area (Å²) in [5, 5.41) is 35.5. The van der Waals surface area contributed by atoms with Gasteiger partial charge in [0.1, 0.15) is 6.29 Å². The molecule has 4 aliphatic carbocycles. The summed E-state index contributed by atoms with van der Waals surface area (Å²) in [6.45, 7) is 6.63. The standard InChI is InChI=1S/C25H44NO7P/c1-14(4-7-22(30)26-13-34(31,32)33)17-5-6-18-23-19(12-21(29)25(17,18)3)24(2)9-8-16(27)10-15(24)11-20(23)28/h14-21,23,27-29H,4-13H2,1-3H3,(H,26,30)(H2,31,32,33)/t14?,15?,16-,17-,18?,19?,20-,21+,23?,24+,25-/m1/s1. The second-order valence-corrected chi connectivity index (χ2v) is 14.1. The van der Waals surface area contributed by atoms with Gasteiger partial charge >= 0.3 is 7.60 Å². The van der Waals surface area contributed by atoms with Gasteiger partial charge in [-0.3, -0.25) is 9.36 Å². The highest BCUT2D eigenvalue weighted by molar-refractivity contribution is 7.51. The Morgan fingerprint density at radius 1 is 1.06 bits per heavy atom. The molecule has 1 amide bonds. The van der Waals surface area contributed by atoms with Crippen LogP contribution in [0.3, 0.4) is 0 Å². The van der Waals surface area contributed by atoms with E-state index >= 15 is 0 Å². The molecule has 4 rings (SSSR count). The molecule has 0 saturated heterocycles. The average molecular weight is 502 g/mol. The molecule has 0 radical (unpaired) electrons. The van der Waals surface area contributed by atoms with Crippen molar-refractivity contribution in [2.45, 2.75) is 96.9 Å². The number of hydrogen-bond donors (Lipinski definition) is 6. The van der Waals surface area contributed by atoms with Crippen LogP contribution >= 0.6 is 7.60 Å². The quantitative estimate of drug-likeness (QED) is 0.307. The van der Waals surface area contributed by atoms with Gasteiger partial charge in [0, 0.05) is 6.42 Å². The third-order valence-corrected chi connectivity index (χ3v) is 11.4. The molecule has 34 heavy (non-hydrogen) atoms. The largest absolute Gasteiger partial charge is 0.393 e. The molecule has 0 aromatic rings. The van der Waals surface area contributed by atoms with E-state index < -0.39 is 26.1 Å². The molecule has 9 heteroatoms. The zero-order chi connectivity index (χ0) is 25.1. The van der Waals surface area contributed by atoms with Crippen LogP contribution in [0.1, 0.15) is 78.6 Å². The van der Waals surface area contributed by atoms with Crippen LogP contribution in [0.15, 0.2) is 0 Å². The van der Waals surface area contributed by atoms with E-state index in [-0.39, 0.29) is 58.9 Å². The maximum absolute atomic E-state index is 12.1. The van der Waals surface area contributed by atoms with Crippen molar-refractivity contribution in [3.8, 4) is 0 Å². The van der Waals surface area contributed by atoms with Crippen LogP contribution in [0, 0.1) is 46.3 Å². The second-order valence-electron chi connectivity index (χ2n) is 12.5. The lowest BCUT2D eigenvalue weighted by atomic mass is 9.43. The van der Waals surface area contributed by atoms with Crippen molar-refractivity contribution >= 4 is 13.5 Å². The Morgan fingerprint density at radius 2 is 1.76 bits per heavy atom. The molecule has 0 aromatic carbocycles. The number of aliphatic hydroxyl groups excluding tert-OH is 3. The van der Waals surface area contributed by atoms with Gasteiger partial charge in [0.2, 0.25) is 5.91 Å². The van der Waals surface area contributed by atoms with Crippen LogP contribution in [-0.4, -0.2) is 55.6 Å². The van der Waals surface area contributed by atoms with E-state index in [1.54, 1.807) is 0 Å². The predicted molar refractivity (Wildman–Crippen MR) is 127 cm³/mol. The van der Waals surface area contributed by atoms with E-state index in [0.29, 0.717) is 18.8 Å². The van der Waals surface area contributed by atoms with Crippen molar-refractivity contribution in [3.05, 3.63) is 0 Å². The molecule has 4 saturated carbocycles. The molecule has 4 aliphatic rings. The topological polar surface area (TPSA) is 147 Å². The number of nitrogens with one attached hydrogen (secondary N) is 1. The van der Waals surface area contributed by atoms with Crippen LogP contribution < -0.4 is 5.32 Å². The molecule has 0 spiro atoms. The van der Waals surface area contributed by atoms with Gasteiger partial charge in [-0.25, -0.2) is 0 Å². The van der Waals surface area contributed by atoms with E-state index in [2.05, 4.69) is 26.1 Å². The molecule has 0 aromatic heterocycles. The minimum absolute atomic E-state index is 0.0477. The Kier molecular flexibility index (Phi) is 7.36. The van der Waals surface area contributed by atoms with E-state index in [4.69, 9.17) is 9.79 Å². The van der Waals surface area contributed by atoms with E-state index in [1.807, 2.05) is 0 Å². The van der Waals surface area contributed by atoms with Crippen LogP contribution in [-0.2, 0) is 9.36 Å². The predicted octanol–water partition coefficient (Wildman–Crippen LogP) is 2.62. The Balaban J connectivity index is 1.47. The first kappa shape index (κ1) is 26.6. The molecule has 0 bridgehead atoms. The summed E-state index contributed by atoms with van der Waals surface area (Å²) in [5.41, 5.74) is -0.270. The summed E-state index contributed by atoms with van der Waals surface area (Å²) in [6, 6.07) is 0. The molecule has 0 aliphatic heterocycles. The maximum atomic E-state index is 12.1. The van der Waals surface area contributed by atoms with Gasteiger partial charge in [0.25, 0.3) is 0 Å². The highest BCUT2D eigenvalue weighted by Gasteiger charge is 2.65. The lowest BCUT2D eigenvalue weighted by molar-refractivity contribution is -0.207. The Hall–Kier alpha value is -0.500. The SMILES string of the molecule is CC(CCC(=O)NCP(=O)(O)O)[C@H]1CCC2C3C(C[C@H](O)[C@@]21C)[C@@]1(C)CC[C@@H](O)CC1C[C@H]3O. The Morgan fingerprint density at radius 3 is 2.44 bits per heavy atom. The van der Waals surface area contributed by atoms with Crippen LogP contribution in [0.4, 0.5) is 0 Å². The molecule has 196 valence electrons. The molecular formula is C25H44NO7P. The summed E-state index contributed by atoms with van der Waals surface area (Å²) < 4.78 is 11.0. The monoisotopic (exact) mass is 501 g/mol. The minimum atomic E-state index is -4.27. The lowest BCUT2D eigenvalue weighted by Crippen LogP contribution is -2.62. The third kappa shape index (κ3) is 4.64. The molecule has 0 heterocycles. The number of fused-ring (bicyclic) bond motifs is 5. The summed E-state index contributed by atoms with van der Waals surface area (Å²) >= 11 is 0. The van der Waals surface area contributed by atoms with Gasteiger partial charge in [-0.1, -0.05) is 20.8 Å². The van der Waals surface area contributed by atoms with E-state index in [0.717, 1.165) is 38.5 Å². The van der Waals surface area contributed by atoms with E-state index in [9.17, 15) is 24.7 Å². The highest BCUT2D eigenvalue weighted by Crippen LogP contribution is 2.68. The van der Waals surface area contributed by atoms with Crippen LogP contribution in [0.2, 0.25) is 0 Å². The van der Waals surface area contributed by atoms with Crippen LogP contribution in [0.25, 0.3) is 0 Å². The van der Waals surface area contributed by atoms with Gasteiger partial charge in [-0.15, -0.1) is 0 Å². The smallest absolute Gasteiger partial charge is 0.344 e. The average Bonchev–Trinajstić information content (AvgIpc) is 3.10. The summed E-state index contributed by atoms with van der Waals surface area (Å²) in [7, 11) is -4.27. The summed E-state index contributed by atoms with van der Waals surface area (Å²) in [5.74, 6) is 0.997. The molecule has 4 fully saturated rings. The molecule has 11 atom stereocenters. The van der Waals surface area contributed by atoms with Crippen molar-refractivity contribution in [3.63, 3.8) is 0 Å². The fourth-order valence-corrected chi connectivity index (χ4v) is 9.35. The molecule has 6 N–H and O–H groups in total. The minimum Gasteiger partial charge on any atom is -0.393 e. The highest BCUT2D eigenvalue weighted by atomic mass is 31.2. The van der Waals surface area contributed by atoms with Crippen molar-refractivity contribution in [1.82, 2.24) is 5.32 Å². The zero-order valence-corrected chi connectivity index (χ0v) is 21.7. The fraction of sp³-hybridized carbons (Fsp3) is 0.960. The molecular weight excluding hydrogens is 457 g/mol. The first-order valence-electron chi connectivity index (χ1n) is 13.1. The van der Waals surface area contributed by atoms with Crippen molar-refractivity contribution < 1.29 is 34.5 Å². The zero-order valence-electron chi connectivity index (χ0n) is 20.8. The first-order chi connectivity index (χ1) is 15.8. The summed E-state index contributed by atoms with van der Waals surface area (Å²) in [6.07, 6.45) is 4.85. The number of hydrogen-bond acceptors (Lipinski definition) is 5. The van der Waals surface area contributed by atoms with E-state index in [1.165, 1.54) is 0 Å². The lowest BCUT2D eigenvalue weighted by Gasteiger charge is -2.63. The van der Waals surface area contributed by atoms with Gasteiger partial charge in [0.15, 0.2) is 0 Å². The Bertz CT molecular complexity index is 819. The number of aliphatic hydroxyl groups is 3. The second kappa shape index (κ2) is 9.42. The molecule has 8 nitrogen and oxygen atoms in total. The van der Waals surface area contributed by atoms with Gasteiger partial charge in [0.05, 0.1) is 18.3 Å².